The van der Waals surface area contributed by atoms with Crippen LogP contribution >= 0.6 is 7.82 Å². The Labute approximate surface area is 124 Å². The molecule has 0 saturated carbocycles. The van der Waals surface area contributed by atoms with E-state index >= 15 is 0 Å². The number of esters is 2. The van der Waals surface area contributed by atoms with E-state index in [2.05, 4.69) is 4.52 Å². The van der Waals surface area contributed by atoms with E-state index in [0.717, 1.165) is 12.8 Å². The SMILES string of the molecule is CCCCCC(=O)O[C@@H](COC(=O)CC)COP(=O)(O)O. The maximum atomic E-state index is 11.6. The van der Waals surface area contributed by atoms with Gasteiger partial charge in [0.25, 0.3) is 0 Å². The first-order chi connectivity index (χ1) is 9.78. The number of rotatable bonds is 11. The maximum absolute atomic E-state index is 11.6. The zero-order chi connectivity index (χ0) is 16.3. The summed E-state index contributed by atoms with van der Waals surface area (Å²) in [5.74, 6) is -1.02. The fourth-order valence-corrected chi connectivity index (χ4v) is 1.71. The summed E-state index contributed by atoms with van der Waals surface area (Å²) in [6, 6.07) is 0. The van der Waals surface area contributed by atoms with Crippen LogP contribution in [-0.4, -0.2) is 41.0 Å². The lowest BCUT2D eigenvalue weighted by Gasteiger charge is -2.18. The van der Waals surface area contributed by atoms with Crippen molar-refractivity contribution in [2.24, 2.45) is 0 Å². The van der Waals surface area contributed by atoms with Gasteiger partial charge in [0, 0.05) is 12.8 Å². The van der Waals surface area contributed by atoms with E-state index in [-0.39, 0.29) is 19.4 Å². The van der Waals surface area contributed by atoms with E-state index in [0.29, 0.717) is 6.42 Å². The van der Waals surface area contributed by atoms with Crippen molar-refractivity contribution in [3.63, 3.8) is 0 Å². The van der Waals surface area contributed by atoms with Crippen molar-refractivity contribution in [3.8, 4) is 0 Å². The molecule has 8 nitrogen and oxygen atoms in total. The molecule has 0 aliphatic heterocycles. The van der Waals surface area contributed by atoms with E-state index in [1.807, 2.05) is 6.92 Å². The van der Waals surface area contributed by atoms with Gasteiger partial charge in [-0.3, -0.25) is 14.1 Å². The molecule has 0 aliphatic rings. The highest BCUT2D eigenvalue weighted by Crippen LogP contribution is 2.35. The summed E-state index contributed by atoms with van der Waals surface area (Å²) < 4.78 is 24.7. The first kappa shape index (κ1) is 20.1. The second-order valence-electron chi connectivity index (χ2n) is 4.39. The molecule has 0 rings (SSSR count). The van der Waals surface area contributed by atoms with Gasteiger partial charge in [0.2, 0.25) is 0 Å². The molecule has 0 aliphatic carbocycles. The van der Waals surface area contributed by atoms with Crippen molar-refractivity contribution in [3.05, 3.63) is 0 Å². The number of carbonyl (C=O) groups excluding carboxylic acids is 2. The van der Waals surface area contributed by atoms with Gasteiger partial charge in [-0.1, -0.05) is 26.7 Å². The van der Waals surface area contributed by atoms with Crippen LogP contribution in [-0.2, 0) is 28.2 Å². The first-order valence-corrected chi connectivity index (χ1v) is 8.36. The molecule has 0 aromatic heterocycles. The molecule has 0 spiro atoms. The topological polar surface area (TPSA) is 119 Å². The smallest absolute Gasteiger partial charge is 0.462 e. The molecule has 124 valence electrons. The third-order valence-corrected chi connectivity index (χ3v) is 2.92. The van der Waals surface area contributed by atoms with E-state index in [1.54, 1.807) is 6.92 Å². The quantitative estimate of drug-likeness (QED) is 0.333. The maximum Gasteiger partial charge on any atom is 0.469 e. The molecule has 0 aromatic carbocycles. The summed E-state index contributed by atoms with van der Waals surface area (Å²) >= 11 is 0. The van der Waals surface area contributed by atoms with Crippen LogP contribution in [0.1, 0.15) is 46.0 Å². The van der Waals surface area contributed by atoms with Crippen molar-refractivity contribution in [2.75, 3.05) is 13.2 Å². The molecular weight excluding hydrogens is 303 g/mol. The fraction of sp³-hybridized carbons (Fsp3) is 0.833. The highest BCUT2D eigenvalue weighted by atomic mass is 31.2. The van der Waals surface area contributed by atoms with Crippen LogP contribution in [0.4, 0.5) is 0 Å². The minimum atomic E-state index is -4.68. The van der Waals surface area contributed by atoms with Gasteiger partial charge in [-0.2, -0.15) is 0 Å². The van der Waals surface area contributed by atoms with Gasteiger partial charge in [-0.25, -0.2) is 4.57 Å². The van der Waals surface area contributed by atoms with Crippen LogP contribution in [0, 0.1) is 0 Å². The molecule has 9 heteroatoms. The van der Waals surface area contributed by atoms with Crippen molar-refractivity contribution >= 4 is 19.8 Å². The predicted octanol–water partition coefficient (Wildman–Crippen LogP) is 1.54. The minimum Gasteiger partial charge on any atom is -0.462 e. The van der Waals surface area contributed by atoms with Crippen LogP contribution in [0.2, 0.25) is 0 Å². The summed E-state index contributed by atoms with van der Waals surface area (Å²) in [7, 11) is -4.68. The van der Waals surface area contributed by atoms with Gasteiger partial charge in [-0.15, -0.1) is 0 Å². The van der Waals surface area contributed by atoms with Gasteiger partial charge < -0.3 is 19.3 Å². The van der Waals surface area contributed by atoms with E-state index in [1.165, 1.54) is 0 Å². The number of ether oxygens (including phenoxy) is 2. The van der Waals surface area contributed by atoms with E-state index in [9.17, 15) is 14.2 Å². The van der Waals surface area contributed by atoms with Gasteiger partial charge in [0.1, 0.15) is 6.61 Å². The van der Waals surface area contributed by atoms with Crippen molar-refractivity contribution < 1.29 is 37.9 Å². The lowest BCUT2D eigenvalue weighted by atomic mass is 10.2. The summed E-state index contributed by atoms with van der Waals surface area (Å²) in [5.41, 5.74) is 0. The van der Waals surface area contributed by atoms with Gasteiger partial charge in [0.15, 0.2) is 6.10 Å². The normalized spacial score (nSPS) is 12.8. The third kappa shape index (κ3) is 12.5. The molecule has 0 radical (unpaired) electrons. The zero-order valence-corrected chi connectivity index (χ0v) is 13.2. The second kappa shape index (κ2) is 10.7. The molecule has 0 amide bonds. The van der Waals surface area contributed by atoms with Crippen LogP contribution in [0.25, 0.3) is 0 Å². The Morgan fingerprint density at radius 2 is 1.76 bits per heavy atom. The standard InChI is InChI=1S/C12H23O8P/c1-3-5-6-7-12(14)20-10(8-18-11(13)4-2)9-19-21(15,16)17/h10H,3-9H2,1-2H3,(H2,15,16,17)/t10-/m0/s1. The van der Waals surface area contributed by atoms with Crippen molar-refractivity contribution in [1.82, 2.24) is 0 Å². The van der Waals surface area contributed by atoms with Crippen LogP contribution in [0.15, 0.2) is 0 Å². The Balaban J connectivity index is 4.31. The van der Waals surface area contributed by atoms with Crippen LogP contribution in [0.3, 0.4) is 0 Å². The largest absolute Gasteiger partial charge is 0.469 e. The van der Waals surface area contributed by atoms with Crippen LogP contribution < -0.4 is 0 Å². The number of unbranched alkanes of at least 4 members (excludes halogenated alkanes) is 2. The lowest BCUT2D eigenvalue weighted by Crippen LogP contribution is -2.29. The Morgan fingerprint density at radius 1 is 1.10 bits per heavy atom. The highest BCUT2D eigenvalue weighted by molar-refractivity contribution is 7.46. The molecule has 0 saturated heterocycles. The lowest BCUT2D eigenvalue weighted by molar-refractivity contribution is -0.161. The third-order valence-electron chi connectivity index (χ3n) is 2.43. The molecule has 2 N–H and O–H groups in total. The Kier molecular flexibility index (Phi) is 10.2. The Hall–Kier alpha value is -0.950. The summed E-state index contributed by atoms with van der Waals surface area (Å²) in [6.45, 7) is 2.75. The van der Waals surface area contributed by atoms with Crippen molar-refractivity contribution in [1.29, 1.82) is 0 Å². The molecule has 1 atom stereocenters. The predicted molar refractivity (Wildman–Crippen MR) is 73.3 cm³/mol. The minimum absolute atomic E-state index is 0.149. The average molecular weight is 326 g/mol. The molecule has 0 heterocycles. The molecule has 0 fully saturated rings. The molecule has 21 heavy (non-hydrogen) atoms. The first-order valence-electron chi connectivity index (χ1n) is 6.83. The summed E-state index contributed by atoms with van der Waals surface area (Å²) in [4.78, 5) is 39.9. The average Bonchev–Trinajstić information content (AvgIpc) is 2.40. The number of carbonyl (C=O) groups is 2. The van der Waals surface area contributed by atoms with Gasteiger partial charge >= 0.3 is 19.8 Å². The van der Waals surface area contributed by atoms with Crippen LogP contribution in [0.5, 0.6) is 0 Å². The number of hydrogen-bond acceptors (Lipinski definition) is 6. The monoisotopic (exact) mass is 326 g/mol. The Bertz CT molecular complexity index is 364. The van der Waals surface area contributed by atoms with Crippen molar-refractivity contribution in [2.45, 2.75) is 52.1 Å². The van der Waals surface area contributed by atoms with E-state index < -0.39 is 32.5 Å². The summed E-state index contributed by atoms with van der Waals surface area (Å²) in [6.07, 6.45) is 1.80. The summed E-state index contributed by atoms with van der Waals surface area (Å²) in [5, 5.41) is 0. The highest BCUT2D eigenvalue weighted by Gasteiger charge is 2.22. The van der Waals surface area contributed by atoms with E-state index in [4.69, 9.17) is 19.3 Å². The fourth-order valence-electron chi connectivity index (χ4n) is 1.35. The zero-order valence-electron chi connectivity index (χ0n) is 12.3. The molecular formula is C12H23O8P. The van der Waals surface area contributed by atoms with Gasteiger partial charge in [-0.05, 0) is 6.42 Å². The number of hydrogen-bond donors (Lipinski definition) is 2. The molecule has 0 bridgehead atoms. The number of phosphoric ester groups is 1. The Morgan fingerprint density at radius 3 is 2.29 bits per heavy atom. The second-order valence-corrected chi connectivity index (χ2v) is 5.63. The van der Waals surface area contributed by atoms with Gasteiger partial charge in [0.05, 0.1) is 6.61 Å². The molecule has 0 aromatic rings. The molecule has 0 unspecified atom stereocenters. The number of phosphoric acid groups is 1.